The first kappa shape index (κ1) is 19.7. The lowest BCUT2D eigenvalue weighted by molar-refractivity contribution is -0.383. The molecule has 1 aliphatic heterocycles. The second kappa shape index (κ2) is 7.87. The maximum Gasteiger partial charge on any atom is 0.353 e. The van der Waals surface area contributed by atoms with E-state index in [1.165, 1.54) is 6.33 Å². The number of methoxy groups -OCH3 is 1. The number of anilines is 3. The molecule has 0 bridgehead atoms. The minimum atomic E-state index is -0.404. The van der Waals surface area contributed by atoms with Crippen molar-refractivity contribution in [1.82, 2.24) is 9.97 Å². The molecular formula is C19H26N6O3. The highest BCUT2D eigenvalue weighted by atomic mass is 16.6. The molecule has 9 nitrogen and oxygen atoms in total. The van der Waals surface area contributed by atoms with Gasteiger partial charge in [0, 0.05) is 37.4 Å². The molecule has 1 N–H and O–H groups in total. The highest BCUT2D eigenvalue weighted by Gasteiger charge is 2.30. The number of benzene rings is 1. The third-order valence-electron chi connectivity index (χ3n) is 4.50. The summed E-state index contributed by atoms with van der Waals surface area (Å²) in [6.45, 7) is 8.58. The van der Waals surface area contributed by atoms with Crippen molar-refractivity contribution < 1.29 is 9.66 Å². The highest BCUT2D eigenvalue weighted by Crippen LogP contribution is 2.34. The van der Waals surface area contributed by atoms with Crippen molar-refractivity contribution in [3.8, 4) is 5.75 Å². The first-order chi connectivity index (χ1) is 13.3. The third-order valence-corrected chi connectivity index (χ3v) is 4.50. The van der Waals surface area contributed by atoms with Gasteiger partial charge < -0.3 is 19.9 Å². The zero-order valence-corrected chi connectivity index (χ0v) is 16.7. The summed E-state index contributed by atoms with van der Waals surface area (Å²) >= 11 is 0. The van der Waals surface area contributed by atoms with Crippen LogP contribution in [0.25, 0.3) is 0 Å². The van der Waals surface area contributed by atoms with Gasteiger partial charge in [0.05, 0.1) is 12.0 Å². The van der Waals surface area contributed by atoms with E-state index < -0.39 is 4.92 Å². The molecule has 1 fully saturated rings. The number of rotatable bonds is 5. The lowest BCUT2D eigenvalue weighted by Crippen LogP contribution is -2.47. The van der Waals surface area contributed by atoms with E-state index in [0.29, 0.717) is 18.9 Å². The second-order valence-electron chi connectivity index (χ2n) is 7.70. The fourth-order valence-corrected chi connectivity index (χ4v) is 3.19. The van der Waals surface area contributed by atoms with Gasteiger partial charge in [0.2, 0.25) is 11.6 Å². The summed E-state index contributed by atoms with van der Waals surface area (Å²) in [6, 6.07) is 7.91. The Morgan fingerprint density at radius 3 is 2.21 bits per heavy atom. The Balaban J connectivity index is 1.78. The molecule has 0 saturated carbocycles. The molecule has 1 saturated heterocycles. The van der Waals surface area contributed by atoms with E-state index in [9.17, 15) is 10.1 Å². The topological polar surface area (TPSA) is 96.7 Å². The first-order valence-electron chi connectivity index (χ1n) is 9.20. The van der Waals surface area contributed by atoms with Crippen LogP contribution in [0.1, 0.15) is 20.8 Å². The second-order valence-corrected chi connectivity index (χ2v) is 7.70. The molecule has 0 spiro atoms. The molecule has 2 aromatic rings. The molecule has 2 heterocycles. The maximum absolute atomic E-state index is 11.8. The average Bonchev–Trinajstić information content (AvgIpc) is 2.66. The van der Waals surface area contributed by atoms with Gasteiger partial charge in [0.25, 0.3) is 0 Å². The summed E-state index contributed by atoms with van der Waals surface area (Å²) < 4.78 is 5.20. The lowest BCUT2D eigenvalue weighted by atomic mass is 10.1. The molecule has 0 radical (unpaired) electrons. The summed E-state index contributed by atoms with van der Waals surface area (Å²) in [5.41, 5.74) is 0.687. The van der Waals surface area contributed by atoms with Crippen LogP contribution in [0.5, 0.6) is 5.75 Å². The molecular weight excluding hydrogens is 360 g/mol. The number of hydrogen-bond acceptors (Lipinski definition) is 8. The lowest BCUT2D eigenvalue weighted by Gasteiger charge is -2.36. The Kier molecular flexibility index (Phi) is 5.53. The van der Waals surface area contributed by atoms with E-state index in [2.05, 4.69) is 20.2 Å². The van der Waals surface area contributed by atoms with Gasteiger partial charge in [0.15, 0.2) is 0 Å². The molecule has 1 aliphatic rings. The zero-order valence-electron chi connectivity index (χ0n) is 16.7. The van der Waals surface area contributed by atoms with E-state index in [1.54, 1.807) is 7.11 Å². The summed E-state index contributed by atoms with van der Waals surface area (Å²) in [5.74, 6) is 1.43. The first-order valence-corrected chi connectivity index (χ1v) is 9.20. The summed E-state index contributed by atoms with van der Waals surface area (Å²) in [7, 11) is 1.64. The number of nitrogens with one attached hydrogen (secondary N) is 1. The van der Waals surface area contributed by atoms with E-state index in [1.807, 2.05) is 49.9 Å². The molecule has 9 heteroatoms. The molecule has 0 aliphatic carbocycles. The maximum atomic E-state index is 11.8. The highest BCUT2D eigenvalue weighted by molar-refractivity contribution is 5.71. The Labute approximate surface area is 164 Å². The van der Waals surface area contributed by atoms with Crippen molar-refractivity contribution in [2.24, 2.45) is 0 Å². The van der Waals surface area contributed by atoms with Crippen molar-refractivity contribution in [2.45, 2.75) is 26.3 Å². The molecule has 1 aromatic carbocycles. The largest absolute Gasteiger partial charge is 0.497 e. The summed E-state index contributed by atoms with van der Waals surface area (Å²) in [4.78, 5) is 23.9. The Morgan fingerprint density at radius 1 is 1.07 bits per heavy atom. The predicted molar refractivity (Wildman–Crippen MR) is 109 cm³/mol. The zero-order chi connectivity index (χ0) is 20.3. The summed E-state index contributed by atoms with van der Waals surface area (Å²) in [6.07, 6.45) is 1.38. The minimum Gasteiger partial charge on any atom is -0.497 e. The Bertz CT molecular complexity index is 827. The van der Waals surface area contributed by atoms with Crippen molar-refractivity contribution >= 4 is 23.0 Å². The van der Waals surface area contributed by atoms with Crippen molar-refractivity contribution in [3.05, 3.63) is 40.7 Å². The minimum absolute atomic E-state index is 0.0738. The predicted octanol–water partition coefficient (Wildman–Crippen LogP) is 2.93. The average molecular weight is 386 g/mol. The van der Waals surface area contributed by atoms with Crippen LogP contribution < -0.4 is 19.9 Å². The van der Waals surface area contributed by atoms with Crippen LogP contribution in [0.3, 0.4) is 0 Å². The van der Waals surface area contributed by atoms with Gasteiger partial charge in [-0.05, 0) is 45.0 Å². The summed E-state index contributed by atoms with van der Waals surface area (Å²) in [5, 5.41) is 14.9. The van der Waals surface area contributed by atoms with Gasteiger partial charge in [-0.2, -0.15) is 0 Å². The molecule has 28 heavy (non-hydrogen) atoms. The van der Waals surface area contributed by atoms with Gasteiger partial charge in [-0.15, -0.1) is 0 Å². The Hall–Kier alpha value is -3.10. The molecule has 150 valence electrons. The van der Waals surface area contributed by atoms with E-state index in [4.69, 9.17) is 4.74 Å². The van der Waals surface area contributed by atoms with Crippen LogP contribution >= 0.6 is 0 Å². The number of nitrogens with zero attached hydrogens (tertiary/aromatic N) is 5. The van der Waals surface area contributed by atoms with Crippen LogP contribution in [0, 0.1) is 10.1 Å². The molecule has 0 unspecified atom stereocenters. The smallest absolute Gasteiger partial charge is 0.353 e. The SMILES string of the molecule is COc1ccc(N2CCN(c3ncnc(NC(C)(C)C)c3[N+](=O)[O-])CC2)cc1. The number of nitro groups is 1. The number of hydrogen-bond donors (Lipinski definition) is 1. The van der Waals surface area contributed by atoms with Crippen LogP contribution in [-0.2, 0) is 0 Å². The van der Waals surface area contributed by atoms with Gasteiger partial charge in [-0.25, -0.2) is 9.97 Å². The van der Waals surface area contributed by atoms with Crippen LogP contribution in [-0.4, -0.2) is 53.7 Å². The van der Waals surface area contributed by atoms with Crippen LogP contribution in [0.4, 0.5) is 23.0 Å². The van der Waals surface area contributed by atoms with Gasteiger partial charge in [-0.3, -0.25) is 10.1 Å². The van der Waals surface area contributed by atoms with Crippen molar-refractivity contribution in [1.29, 1.82) is 0 Å². The molecule has 0 atom stereocenters. The fraction of sp³-hybridized carbons (Fsp3) is 0.474. The van der Waals surface area contributed by atoms with E-state index >= 15 is 0 Å². The molecule has 0 amide bonds. The standard InChI is InChI=1S/C19H26N6O3/c1-19(2,3)22-17-16(25(26)27)18(21-13-20-17)24-11-9-23(10-12-24)14-5-7-15(28-4)8-6-14/h5-8,13H,9-12H2,1-4H3,(H,20,21,22). The Morgan fingerprint density at radius 2 is 1.68 bits per heavy atom. The van der Waals surface area contributed by atoms with Gasteiger partial charge >= 0.3 is 5.69 Å². The van der Waals surface area contributed by atoms with Crippen LogP contribution in [0.2, 0.25) is 0 Å². The normalized spacial score (nSPS) is 14.7. The number of ether oxygens (including phenoxy) is 1. The number of piperazine rings is 1. The monoisotopic (exact) mass is 386 g/mol. The van der Waals surface area contributed by atoms with E-state index in [0.717, 1.165) is 24.5 Å². The van der Waals surface area contributed by atoms with E-state index in [-0.39, 0.29) is 17.0 Å². The molecule has 1 aromatic heterocycles. The number of aromatic nitrogens is 2. The van der Waals surface area contributed by atoms with Gasteiger partial charge in [0.1, 0.15) is 12.1 Å². The quantitative estimate of drug-likeness (QED) is 0.619. The van der Waals surface area contributed by atoms with Crippen molar-refractivity contribution in [2.75, 3.05) is 48.4 Å². The fourth-order valence-electron chi connectivity index (χ4n) is 3.19. The van der Waals surface area contributed by atoms with Crippen molar-refractivity contribution in [3.63, 3.8) is 0 Å². The van der Waals surface area contributed by atoms with Crippen LogP contribution in [0.15, 0.2) is 30.6 Å². The van der Waals surface area contributed by atoms with Gasteiger partial charge in [-0.1, -0.05) is 0 Å². The molecule has 3 rings (SSSR count). The third kappa shape index (κ3) is 4.41.